The number of benzene rings is 1. The number of hydrogen-bond donors (Lipinski definition) is 1. The maximum absolute atomic E-state index is 12.4. The van der Waals surface area contributed by atoms with Crippen LogP contribution in [0.3, 0.4) is 0 Å². The van der Waals surface area contributed by atoms with Crippen LogP contribution in [-0.2, 0) is 6.42 Å². The summed E-state index contributed by atoms with van der Waals surface area (Å²) in [7, 11) is 0. The van der Waals surface area contributed by atoms with Crippen molar-refractivity contribution < 1.29 is 17.9 Å². The van der Waals surface area contributed by atoms with E-state index in [9.17, 15) is 13.2 Å². The predicted octanol–water partition coefficient (Wildman–Crippen LogP) is 3.30. The van der Waals surface area contributed by atoms with Crippen LogP contribution in [0.15, 0.2) is 36.5 Å². The Labute approximate surface area is 118 Å². The molecule has 108 valence electrons. The molecule has 0 fully saturated rings. The highest BCUT2D eigenvalue weighted by Gasteiger charge is 2.32. The average molecular weight is 293 g/mol. The number of para-hydroxylation sites is 1. The van der Waals surface area contributed by atoms with Crippen molar-refractivity contribution in [2.45, 2.75) is 12.8 Å². The predicted molar refractivity (Wildman–Crippen MR) is 70.1 cm³/mol. The van der Waals surface area contributed by atoms with E-state index < -0.39 is 12.1 Å². The average Bonchev–Trinajstić information content (AvgIpc) is 2.41. The number of nitrogens with two attached hydrogens (primary N) is 1. The maximum Gasteiger partial charge on any atom is 0.573 e. The Morgan fingerprint density at radius 1 is 1.24 bits per heavy atom. The number of rotatable bonds is 3. The van der Waals surface area contributed by atoms with Crippen LogP contribution >= 0.6 is 0 Å². The summed E-state index contributed by atoms with van der Waals surface area (Å²) in [4.78, 5) is 4.00. The molecule has 0 aliphatic rings. The van der Waals surface area contributed by atoms with E-state index in [1.807, 2.05) is 6.07 Å². The van der Waals surface area contributed by atoms with E-state index in [0.29, 0.717) is 5.56 Å². The Morgan fingerprint density at radius 3 is 2.62 bits per heavy atom. The molecule has 0 unspecified atom stereocenters. The number of alkyl halides is 3. The van der Waals surface area contributed by atoms with Crippen molar-refractivity contribution in [3.8, 4) is 23.1 Å². The van der Waals surface area contributed by atoms with Crippen LogP contribution in [0.5, 0.6) is 5.75 Å². The Bertz CT molecular complexity index is 693. The normalized spacial score (nSPS) is 11.0. The highest BCUT2D eigenvalue weighted by molar-refractivity contribution is 5.79. The van der Waals surface area contributed by atoms with Gasteiger partial charge in [-0.1, -0.05) is 12.1 Å². The highest BCUT2D eigenvalue weighted by atomic mass is 19.4. The summed E-state index contributed by atoms with van der Waals surface area (Å²) in [5.74, 6) is -0.390. The lowest BCUT2D eigenvalue weighted by Gasteiger charge is -2.14. The van der Waals surface area contributed by atoms with E-state index in [1.54, 1.807) is 12.1 Å². The van der Waals surface area contributed by atoms with E-state index in [1.165, 1.54) is 24.4 Å². The summed E-state index contributed by atoms with van der Waals surface area (Å²) in [5.41, 5.74) is 6.82. The van der Waals surface area contributed by atoms with Crippen LogP contribution in [-0.4, -0.2) is 11.3 Å². The molecule has 0 radical (unpaired) electrons. The molecule has 1 heterocycles. The molecule has 0 spiro atoms. The SMILES string of the molecule is N#CCc1ccnc(-c2ccccc2OC(F)(F)F)c1N. The Balaban J connectivity index is 2.53. The highest BCUT2D eigenvalue weighted by Crippen LogP contribution is 2.36. The summed E-state index contributed by atoms with van der Waals surface area (Å²) in [6, 6.07) is 9.06. The molecule has 1 aromatic carbocycles. The Kier molecular flexibility index (Phi) is 3.98. The molecule has 0 aliphatic carbocycles. The third kappa shape index (κ3) is 3.42. The van der Waals surface area contributed by atoms with Gasteiger partial charge in [0.15, 0.2) is 0 Å². The molecule has 21 heavy (non-hydrogen) atoms. The van der Waals surface area contributed by atoms with Crippen LogP contribution in [0.1, 0.15) is 5.56 Å². The summed E-state index contributed by atoms with van der Waals surface area (Å²) in [5, 5.41) is 8.71. The zero-order valence-corrected chi connectivity index (χ0v) is 10.7. The first-order chi connectivity index (χ1) is 9.92. The van der Waals surface area contributed by atoms with Gasteiger partial charge in [0, 0.05) is 11.8 Å². The first kappa shape index (κ1) is 14.7. The van der Waals surface area contributed by atoms with Crippen molar-refractivity contribution in [3.05, 3.63) is 42.1 Å². The number of ether oxygens (including phenoxy) is 1. The minimum Gasteiger partial charge on any atom is -0.405 e. The fourth-order valence-corrected chi connectivity index (χ4v) is 1.84. The molecular weight excluding hydrogens is 283 g/mol. The molecule has 0 bridgehead atoms. The zero-order chi connectivity index (χ0) is 15.5. The molecular formula is C14H10F3N3O. The summed E-state index contributed by atoms with van der Waals surface area (Å²) >= 11 is 0. The lowest BCUT2D eigenvalue weighted by atomic mass is 10.0. The molecule has 0 aliphatic heterocycles. The first-order valence-corrected chi connectivity index (χ1v) is 5.88. The number of nitriles is 1. The third-order valence-corrected chi connectivity index (χ3v) is 2.72. The molecule has 1 aromatic heterocycles. The Morgan fingerprint density at radius 2 is 1.95 bits per heavy atom. The van der Waals surface area contributed by atoms with Crippen LogP contribution in [0.2, 0.25) is 0 Å². The van der Waals surface area contributed by atoms with E-state index in [2.05, 4.69) is 9.72 Å². The van der Waals surface area contributed by atoms with E-state index in [0.717, 1.165) is 0 Å². The number of anilines is 1. The number of nitrogens with zero attached hydrogens (tertiary/aromatic N) is 2. The number of nitrogen functional groups attached to an aromatic ring is 1. The zero-order valence-electron chi connectivity index (χ0n) is 10.7. The minimum absolute atomic E-state index is 0.0453. The lowest BCUT2D eigenvalue weighted by molar-refractivity contribution is -0.274. The monoisotopic (exact) mass is 293 g/mol. The van der Waals surface area contributed by atoms with Crippen LogP contribution in [0.4, 0.5) is 18.9 Å². The van der Waals surface area contributed by atoms with Crippen molar-refractivity contribution in [2.75, 3.05) is 5.73 Å². The van der Waals surface area contributed by atoms with Crippen LogP contribution in [0, 0.1) is 11.3 Å². The number of halogens is 3. The maximum atomic E-state index is 12.4. The Hall–Kier alpha value is -2.75. The molecule has 0 saturated carbocycles. The van der Waals surface area contributed by atoms with Gasteiger partial charge in [0.2, 0.25) is 0 Å². The molecule has 2 rings (SSSR count). The van der Waals surface area contributed by atoms with Gasteiger partial charge in [-0.05, 0) is 23.8 Å². The molecule has 4 nitrogen and oxygen atoms in total. The molecule has 2 aromatic rings. The van der Waals surface area contributed by atoms with Gasteiger partial charge in [-0.25, -0.2) is 0 Å². The molecule has 2 N–H and O–H groups in total. The minimum atomic E-state index is -4.81. The van der Waals surface area contributed by atoms with Crippen molar-refractivity contribution in [1.82, 2.24) is 4.98 Å². The number of hydrogen-bond acceptors (Lipinski definition) is 4. The molecule has 7 heteroatoms. The van der Waals surface area contributed by atoms with Gasteiger partial charge in [-0.3, -0.25) is 4.98 Å². The lowest BCUT2D eigenvalue weighted by Crippen LogP contribution is -2.17. The van der Waals surface area contributed by atoms with E-state index >= 15 is 0 Å². The van der Waals surface area contributed by atoms with Gasteiger partial charge in [-0.2, -0.15) is 5.26 Å². The van der Waals surface area contributed by atoms with Gasteiger partial charge in [0.05, 0.1) is 23.9 Å². The molecule has 0 amide bonds. The van der Waals surface area contributed by atoms with E-state index in [-0.39, 0.29) is 23.4 Å². The van der Waals surface area contributed by atoms with Crippen molar-refractivity contribution in [1.29, 1.82) is 5.26 Å². The second-order valence-electron chi connectivity index (χ2n) is 4.11. The van der Waals surface area contributed by atoms with Crippen molar-refractivity contribution in [2.24, 2.45) is 0 Å². The van der Waals surface area contributed by atoms with Gasteiger partial charge in [0.1, 0.15) is 5.75 Å². The van der Waals surface area contributed by atoms with Gasteiger partial charge >= 0.3 is 6.36 Å². The second-order valence-corrected chi connectivity index (χ2v) is 4.11. The van der Waals surface area contributed by atoms with Gasteiger partial charge in [-0.15, -0.1) is 13.2 Å². The topological polar surface area (TPSA) is 71.9 Å². The van der Waals surface area contributed by atoms with E-state index in [4.69, 9.17) is 11.0 Å². The summed E-state index contributed by atoms with van der Waals surface area (Å²) < 4.78 is 41.2. The number of aromatic nitrogens is 1. The summed E-state index contributed by atoms with van der Waals surface area (Å²) in [6.07, 6.45) is -3.37. The molecule has 0 saturated heterocycles. The summed E-state index contributed by atoms with van der Waals surface area (Å²) in [6.45, 7) is 0. The first-order valence-electron chi connectivity index (χ1n) is 5.88. The molecule has 0 atom stereocenters. The smallest absolute Gasteiger partial charge is 0.405 e. The van der Waals surface area contributed by atoms with Crippen LogP contribution in [0.25, 0.3) is 11.3 Å². The fraction of sp³-hybridized carbons (Fsp3) is 0.143. The largest absolute Gasteiger partial charge is 0.573 e. The fourth-order valence-electron chi connectivity index (χ4n) is 1.84. The number of pyridine rings is 1. The van der Waals surface area contributed by atoms with Crippen molar-refractivity contribution in [3.63, 3.8) is 0 Å². The second kappa shape index (κ2) is 5.71. The quantitative estimate of drug-likeness (QED) is 0.942. The van der Waals surface area contributed by atoms with Crippen LogP contribution < -0.4 is 10.5 Å². The van der Waals surface area contributed by atoms with Gasteiger partial charge in [0.25, 0.3) is 0 Å². The van der Waals surface area contributed by atoms with Gasteiger partial charge < -0.3 is 10.5 Å². The standard InChI is InChI=1S/C14H10F3N3O/c15-14(16,17)21-11-4-2-1-3-10(11)13-12(19)9(5-7-18)6-8-20-13/h1-4,6,8H,5,19H2. The third-order valence-electron chi connectivity index (χ3n) is 2.72. The van der Waals surface area contributed by atoms with Crippen molar-refractivity contribution >= 4 is 5.69 Å².